The number of carbonyl (C=O) groups is 2. The Kier molecular flexibility index (Phi) is 6.85. The van der Waals surface area contributed by atoms with Crippen LogP contribution in [0.25, 0.3) is 0 Å². The van der Waals surface area contributed by atoms with Gasteiger partial charge in [-0.25, -0.2) is 0 Å². The number of pyridine rings is 1. The van der Waals surface area contributed by atoms with Crippen LogP contribution in [0.5, 0.6) is 5.75 Å². The maximum atomic E-state index is 12.5. The van der Waals surface area contributed by atoms with Crippen molar-refractivity contribution in [3.63, 3.8) is 0 Å². The molecule has 1 aromatic carbocycles. The standard InChI is InChI=1S/C28H36N4O5/c1-16-2-7-21(33)10-18(16)5-6-19-15-32(14-17-3-4-17)25(19)28(37)9-8-23-20(12-28)11-22(27(36)31-23)26(35)30-13-24(29)34/h2,7,10-11,17,19,25,33,37H,3-6,8-9,12-15H2,1H3,(H2,29,34)(H,30,35)(H,31,36). The second-order valence-electron chi connectivity index (χ2n) is 11.2. The number of rotatable bonds is 9. The third kappa shape index (κ3) is 5.43. The first-order valence-corrected chi connectivity index (χ1v) is 13.2. The number of phenols is 1. The Morgan fingerprint density at radius 3 is 2.78 bits per heavy atom. The molecule has 2 amide bonds. The van der Waals surface area contributed by atoms with Crippen LogP contribution in [0.1, 0.15) is 58.4 Å². The van der Waals surface area contributed by atoms with Crippen molar-refractivity contribution >= 4 is 11.8 Å². The lowest BCUT2D eigenvalue weighted by molar-refractivity contribution is -0.139. The molecule has 3 aliphatic rings. The first kappa shape index (κ1) is 25.5. The van der Waals surface area contributed by atoms with E-state index in [-0.39, 0.29) is 23.9 Å². The first-order chi connectivity index (χ1) is 17.6. The number of amides is 2. The highest BCUT2D eigenvalue weighted by Gasteiger charge is 2.53. The number of hydrogen-bond acceptors (Lipinski definition) is 6. The van der Waals surface area contributed by atoms with E-state index in [1.165, 1.54) is 12.8 Å². The van der Waals surface area contributed by atoms with Crippen molar-refractivity contribution in [1.29, 1.82) is 0 Å². The number of primary amides is 1. The molecule has 2 heterocycles. The lowest BCUT2D eigenvalue weighted by Crippen LogP contribution is -2.68. The zero-order valence-corrected chi connectivity index (χ0v) is 21.3. The Bertz CT molecular complexity index is 1270. The molecule has 3 atom stereocenters. The molecule has 0 radical (unpaired) electrons. The number of nitrogens with two attached hydrogens (primary N) is 1. The number of aromatic hydroxyl groups is 1. The first-order valence-electron chi connectivity index (χ1n) is 13.2. The Morgan fingerprint density at radius 2 is 2.05 bits per heavy atom. The van der Waals surface area contributed by atoms with Crippen LogP contribution in [0.3, 0.4) is 0 Å². The molecule has 1 saturated carbocycles. The molecule has 9 nitrogen and oxygen atoms in total. The molecule has 6 N–H and O–H groups in total. The van der Waals surface area contributed by atoms with Crippen molar-refractivity contribution in [3.05, 3.63) is 62.6 Å². The summed E-state index contributed by atoms with van der Waals surface area (Å²) in [4.78, 5) is 41.3. The van der Waals surface area contributed by atoms with Crippen LogP contribution >= 0.6 is 0 Å². The van der Waals surface area contributed by atoms with Gasteiger partial charge in [-0.15, -0.1) is 0 Å². The molecule has 2 aliphatic carbocycles. The van der Waals surface area contributed by atoms with Gasteiger partial charge in [0.2, 0.25) is 5.91 Å². The monoisotopic (exact) mass is 508 g/mol. The summed E-state index contributed by atoms with van der Waals surface area (Å²) in [5, 5.41) is 24.3. The van der Waals surface area contributed by atoms with Crippen LogP contribution in [-0.4, -0.2) is 63.2 Å². The minimum Gasteiger partial charge on any atom is -0.508 e. The molecule has 0 spiro atoms. The number of nitrogens with one attached hydrogen (secondary N) is 2. The van der Waals surface area contributed by atoms with Gasteiger partial charge >= 0.3 is 0 Å². The van der Waals surface area contributed by atoms with Crippen LogP contribution in [-0.2, 0) is 24.1 Å². The fraction of sp³-hybridized carbons (Fsp3) is 0.536. The lowest BCUT2D eigenvalue weighted by Gasteiger charge is -2.57. The number of phenolic OH excluding ortho intramolecular Hbond substituents is 1. The molecule has 2 aromatic rings. The zero-order chi connectivity index (χ0) is 26.3. The number of aromatic nitrogens is 1. The predicted molar refractivity (Wildman–Crippen MR) is 138 cm³/mol. The second kappa shape index (κ2) is 9.95. The van der Waals surface area contributed by atoms with E-state index in [0.29, 0.717) is 31.1 Å². The van der Waals surface area contributed by atoms with E-state index in [2.05, 4.69) is 22.1 Å². The number of hydrogen-bond donors (Lipinski definition) is 5. The molecular weight excluding hydrogens is 472 g/mol. The smallest absolute Gasteiger partial charge is 0.261 e. The number of H-pyrrole nitrogens is 1. The van der Waals surface area contributed by atoms with Gasteiger partial charge in [0.15, 0.2) is 0 Å². The molecule has 198 valence electrons. The summed E-state index contributed by atoms with van der Waals surface area (Å²) in [5.41, 5.74) is 7.34. The van der Waals surface area contributed by atoms with Crippen molar-refractivity contribution in [1.82, 2.24) is 15.2 Å². The molecule has 1 saturated heterocycles. The largest absolute Gasteiger partial charge is 0.508 e. The quantitative estimate of drug-likeness (QED) is 0.343. The summed E-state index contributed by atoms with van der Waals surface area (Å²) in [6, 6.07) is 7.03. The third-order valence-corrected chi connectivity index (χ3v) is 8.35. The van der Waals surface area contributed by atoms with Gasteiger partial charge in [0.05, 0.1) is 12.1 Å². The maximum Gasteiger partial charge on any atom is 0.261 e. The van der Waals surface area contributed by atoms with Crippen molar-refractivity contribution in [3.8, 4) is 5.75 Å². The summed E-state index contributed by atoms with van der Waals surface area (Å²) in [6.07, 6.45) is 5.64. The maximum absolute atomic E-state index is 12.5. The van der Waals surface area contributed by atoms with Gasteiger partial charge < -0.3 is 26.2 Å². The Morgan fingerprint density at radius 1 is 1.27 bits per heavy atom. The molecule has 9 heteroatoms. The molecule has 3 unspecified atom stereocenters. The van der Waals surface area contributed by atoms with Crippen LogP contribution in [0, 0.1) is 18.8 Å². The van der Waals surface area contributed by atoms with Crippen molar-refractivity contribution in [2.45, 2.75) is 63.5 Å². The van der Waals surface area contributed by atoms with Crippen LogP contribution in [0.15, 0.2) is 29.1 Å². The highest BCUT2D eigenvalue weighted by Crippen LogP contribution is 2.44. The van der Waals surface area contributed by atoms with E-state index in [1.807, 2.05) is 12.1 Å². The van der Waals surface area contributed by atoms with E-state index >= 15 is 0 Å². The lowest BCUT2D eigenvalue weighted by atomic mass is 9.67. The number of nitrogens with zero attached hydrogens (tertiary/aromatic N) is 1. The second-order valence-corrected chi connectivity index (χ2v) is 11.2. The van der Waals surface area contributed by atoms with Gasteiger partial charge in [-0.05, 0) is 92.2 Å². The van der Waals surface area contributed by atoms with E-state index < -0.39 is 23.0 Å². The molecule has 5 rings (SSSR count). The molecule has 2 fully saturated rings. The number of aryl methyl sites for hydroxylation is 3. The van der Waals surface area contributed by atoms with Gasteiger partial charge in [0, 0.05) is 31.2 Å². The van der Waals surface area contributed by atoms with Crippen LogP contribution in [0.2, 0.25) is 0 Å². The number of benzene rings is 1. The number of carbonyl (C=O) groups excluding carboxylic acids is 2. The van der Waals surface area contributed by atoms with Gasteiger partial charge in [-0.3, -0.25) is 19.3 Å². The number of fused-ring (bicyclic) bond motifs is 1. The van der Waals surface area contributed by atoms with Crippen molar-refractivity contribution in [2.75, 3.05) is 19.6 Å². The normalized spacial score (nSPS) is 25.2. The number of aliphatic hydroxyl groups is 1. The number of likely N-dealkylation sites (tertiary alicyclic amines) is 1. The molecule has 37 heavy (non-hydrogen) atoms. The van der Waals surface area contributed by atoms with E-state index in [9.17, 15) is 24.6 Å². The van der Waals surface area contributed by atoms with Crippen molar-refractivity contribution < 1.29 is 19.8 Å². The summed E-state index contributed by atoms with van der Waals surface area (Å²) < 4.78 is 0. The number of aromatic amines is 1. The molecule has 0 bridgehead atoms. The summed E-state index contributed by atoms with van der Waals surface area (Å²) >= 11 is 0. The Hall–Kier alpha value is -3.17. The average molecular weight is 509 g/mol. The highest BCUT2D eigenvalue weighted by molar-refractivity contribution is 5.96. The zero-order valence-electron chi connectivity index (χ0n) is 21.3. The summed E-state index contributed by atoms with van der Waals surface area (Å²) in [6.45, 7) is 3.64. The van der Waals surface area contributed by atoms with E-state index in [1.54, 1.807) is 12.1 Å². The van der Waals surface area contributed by atoms with Gasteiger partial charge in [-0.1, -0.05) is 6.07 Å². The SMILES string of the molecule is Cc1ccc(O)cc1CCC1CN(CC2CC2)C1C1(O)CCc2[nH]c(=O)c(C(=O)NCC(N)=O)cc2C1. The average Bonchev–Trinajstić information content (AvgIpc) is 3.65. The van der Waals surface area contributed by atoms with Crippen molar-refractivity contribution in [2.24, 2.45) is 17.6 Å². The fourth-order valence-corrected chi connectivity index (χ4v) is 6.23. The summed E-state index contributed by atoms with van der Waals surface area (Å²) in [5.74, 6) is -0.0604. The molecular formula is C28H36N4O5. The van der Waals surface area contributed by atoms with Crippen LogP contribution < -0.4 is 16.6 Å². The summed E-state index contributed by atoms with van der Waals surface area (Å²) in [7, 11) is 0. The topological polar surface area (TPSA) is 149 Å². The highest BCUT2D eigenvalue weighted by atomic mass is 16.3. The van der Waals surface area contributed by atoms with Gasteiger partial charge in [0.25, 0.3) is 11.5 Å². The van der Waals surface area contributed by atoms with E-state index in [4.69, 9.17) is 5.73 Å². The third-order valence-electron chi connectivity index (χ3n) is 8.35. The van der Waals surface area contributed by atoms with Gasteiger partial charge in [-0.2, -0.15) is 0 Å². The minimum absolute atomic E-state index is 0.00192. The predicted octanol–water partition coefficient (Wildman–Crippen LogP) is 1.17. The fourth-order valence-electron chi connectivity index (χ4n) is 6.23. The molecule has 1 aromatic heterocycles. The van der Waals surface area contributed by atoms with Crippen LogP contribution in [0.4, 0.5) is 0 Å². The molecule has 1 aliphatic heterocycles. The Balaban J connectivity index is 1.35. The minimum atomic E-state index is -0.974. The van der Waals surface area contributed by atoms with Gasteiger partial charge in [0.1, 0.15) is 11.3 Å². The Labute approximate surface area is 216 Å². The van der Waals surface area contributed by atoms with E-state index in [0.717, 1.165) is 48.3 Å².